The fourth-order valence-electron chi connectivity index (χ4n) is 2.61. The fourth-order valence-corrected chi connectivity index (χ4v) is 4.16. The number of carbonyl (C=O) groups excluding carboxylic acids is 1. The van der Waals surface area contributed by atoms with Gasteiger partial charge >= 0.3 is 6.18 Å². The van der Waals surface area contributed by atoms with Crippen molar-refractivity contribution >= 4 is 54.8 Å². The normalized spacial score (nSPS) is 11.7. The molecule has 3 aromatic carbocycles. The van der Waals surface area contributed by atoms with E-state index in [9.17, 15) is 26.4 Å². The molecule has 0 saturated heterocycles. The molecule has 0 aliphatic carbocycles. The van der Waals surface area contributed by atoms with E-state index >= 15 is 0 Å². The van der Waals surface area contributed by atoms with Gasteiger partial charge in [0.15, 0.2) is 6.61 Å². The average molecular weight is 564 g/mol. The molecule has 0 radical (unpaired) electrons. The van der Waals surface area contributed by atoms with Gasteiger partial charge in [-0.05, 0) is 66.7 Å². The number of ether oxygens (including phenoxy) is 1. The second-order valence-electron chi connectivity index (χ2n) is 6.61. The van der Waals surface area contributed by atoms with Crippen LogP contribution in [0.15, 0.2) is 76.1 Å². The number of halogens is 5. The molecule has 3 rings (SSSR count). The number of nitrogens with one attached hydrogen (secondary N) is 2. The first kappa shape index (κ1) is 24.9. The second-order valence-corrected chi connectivity index (χ2v) is 9.62. The molecule has 0 saturated carbocycles. The molecule has 0 heterocycles. The molecule has 3 aromatic rings. The van der Waals surface area contributed by atoms with Crippen LogP contribution in [0.1, 0.15) is 5.56 Å². The molecule has 0 bridgehead atoms. The lowest BCUT2D eigenvalue weighted by atomic mass is 10.2. The van der Waals surface area contributed by atoms with Gasteiger partial charge in [0.05, 0.1) is 15.5 Å². The first-order valence-corrected chi connectivity index (χ1v) is 11.8. The van der Waals surface area contributed by atoms with E-state index in [0.29, 0.717) is 5.69 Å². The number of hydrogen-bond acceptors (Lipinski definition) is 4. The molecular formula is C21H15BrClF3N2O4S. The average Bonchev–Trinajstić information content (AvgIpc) is 2.75. The molecule has 0 atom stereocenters. The van der Waals surface area contributed by atoms with Crippen molar-refractivity contribution in [3.63, 3.8) is 0 Å². The van der Waals surface area contributed by atoms with Gasteiger partial charge in [0, 0.05) is 15.8 Å². The lowest BCUT2D eigenvalue weighted by Crippen LogP contribution is -2.20. The van der Waals surface area contributed by atoms with Crippen molar-refractivity contribution in [1.82, 2.24) is 0 Å². The Morgan fingerprint density at radius 2 is 1.58 bits per heavy atom. The van der Waals surface area contributed by atoms with Gasteiger partial charge in [-0.1, -0.05) is 27.5 Å². The maximum Gasteiger partial charge on any atom is 0.417 e. The molecule has 0 aromatic heterocycles. The summed E-state index contributed by atoms with van der Waals surface area (Å²) in [6.45, 7) is -0.507. The molecule has 0 aliphatic heterocycles. The highest BCUT2D eigenvalue weighted by Crippen LogP contribution is 2.36. The van der Waals surface area contributed by atoms with E-state index in [1.807, 2.05) is 0 Å². The number of anilines is 2. The highest BCUT2D eigenvalue weighted by atomic mass is 79.9. The molecule has 1 amide bonds. The van der Waals surface area contributed by atoms with E-state index in [2.05, 4.69) is 26.0 Å². The highest BCUT2D eigenvalue weighted by molar-refractivity contribution is 9.10. The molecule has 0 fully saturated rings. The zero-order valence-electron chi connectivity index (χ0n) is 16.5. The summed E-state index contributed by atoms with van der Waals surface area (Å²) in [7, 11) is -3.84. The van der Waals surface area contributed by atoms with E-state index in [1.54, 1.807) is 24.3 Å². The minimum absolute atomic E-state index is 0.0249. The van der Waals surface area contributed by atoms with Crippen molar-refractivity contribution in [3.8, 4) is 5.75 Å². The number of carbonyl (C=O) groups is 1. The van der Waals surface area contributed by atoms with Gasteiger partial charge in [-0.3, -0.25) is 9.52 Å². The monoisotopic (exact) mass is 562 g/mol. The first-order chi connectivity index (χ1) is 15.4. The third-order valence-electron chi connectivity index (χ3n) is 4.16. The summed E-state index contributed by atoms with van der Waals surface area (Å²) in [6.07, 6.45) is -4.66. The van der Waals surface area contributed by atoms with Gasteiger partial charge in [0.25, 0.3) is 15.9 Å². The summed E-state index contributed by atoms with van der Waals surface area (Å²) < 4.78 is 72.2. The van der Waals surface area contributed by atoms with E-state index in [4.69, 9.17) is 16.3 Å². The molecule has 174 valence electrons. The molecule has 0 aliphatic rings. The Morgan fingerprint density at radius 1 is 0.970 bits per heavy atom. The Labute approximate surface area is 200 Å². The molecule has 12 heteroatoms. The summed E-state index contributed by atoms with van der Waals surface area (Å²) in [5.74, 6) is -0.515. The smallest absolute Gasteiger partial charge is 0.417 e. The van der Waals surface area contributed by atoms with Crippen LogP contribution in [0.4, 0.5) is 24.5 Å². The topological polar surface area (TPSA) is 84.5 Å². The van der Waals surface area contributed by atoms with E-state index < -0.39 is 39.3 Å². The standard InChI is InChI=1S/C21H15BrClF3N2O4S/c22-13-1-3-14(4-2-13)28-33(30,31)17-8-6-16(7-9-17)32-12-20(29)27-15-5-10-19(23)18(11-15)21(24,25)26/h1-11,28H,12H2,(H,27,29). The van der Waals surface area contributed by atoms with Crippen LogP contribution in [-0.4, -0.2) is 20.9 Å². The lowest BCUT2D eigenvalue weighted by molar-refractivity contribution is -0.137. The minimum Gasteiger partial charge on any atom is -0.484 e. The van der Waals surface area contributed by atoms with Crippen LogP contribution in [-0.2, 0) is 21.0 Å². The summed E-state index contributed by atoms with van der Waals surface area (Å²) >= 11 is 8.81. The van der Waals surface area contributed by atoms with Gasteiger partial charge in [-0.2, -0.15) is 13.2 Å². The Hall–Kier alpha value is -2.76. The van der Waals surface area contributed by atoms with Crippen molar-refractivity contribution in [2.45, 2.75) is 11.1 Å². The molecule has 2 N–H and O–H groups in total. The molecule has 6 nitrogen and oxygen atoms in total. The summed E-state index contributed by atoms with van der Waals surface area (Å²) in [6, 6.07) is 14.8. The van der Waals surface area contributed by atoms with E-state index in [0.717, 1.165) is 16.6 Å². The minimum atomic E-state index is -4.66. The Kier molecular flexibility index (Phi) is 7.55. The zero-order valence-corrected chi connectivity index (χ0v) is 19.6. The van der Waals surface area contributed by atoms with E-state index in [1.165, 1.54) is 30.3 Å². The van der Waals surface area contributed by atoms with Gasteiger partial charge in [0.2, 0.25) is 0 Å². The van der Waals surface area contributed by atoms with Crippen molar-refractivity contribution in [2.24, 2.45) is 0 Å². The van der Waals surface area contributed by atoms with Crippen LogP contribution >= 0.6 is 27.5 Å². The SMILES string of the molecule is O=C(COc1ccc(S(=O)(=O)Nc2ccc(Br)cc2)cc1)Nc1ccc(Cl)c(C(F)(F)F)c1. The Morgan fingerprint density at radius 3 is 2.18 bits per heavy atom. The summed E-state index contributed by atoms with van der Waals surface area (Å²) in [4.78, 5) is 12.0. The van der Waals surface area contributed by atoms with Crippen LogP contribution in [0.3, 0.4) is 0 Å². The molecular weight excluding hydrogens is 549 g/mol. The van der Waals surface area contributed by atoms with Crippen LogP contribution in [0.5, 0.6) is 5.75 Å². The van der Waals surface area contributed by atoms with Gasteiger partial charge in [-0.25, -0.2) is 8.42 Å². The van der Waals surface area contributed by atoms with E-state index in [-0.39, 0.29) is 16.3 Å². The first-order valence-electron chi connectivity index (χ1n) is 9.12. The Bertz CT molecular complexity index is 1250. The predicted octanol–water partition coefficient (Wildman–Crippen LogP) is 5.94. The largest absolute Gasteiger partial charge is 0.484 e. The maximum absolute atomic E-state index is 12.9. The Balaban J connectivity index is 1.59. The number of benzene rings is 3. The maximum atomic E-state index is 12.9. The van der Waals surface area contributed by atoms with Crippen LogP contribution in [0, 0.1) is 0 Å². The third-order valence-corrected chi connectivity index (χ3v) is 6.41. The summed E-state index contributed by atoms with van der Waals surface area (Å²) in [5, 5.41) is 1.80. The lowest BCUT2D eigenvalue weighted by Gasteiger charge is -2.12. The van der Waals surface area contributed by atoms with Gasteiger partial charge < -0.3 is 10.1 Å². The number of sulfonamides is 1. The highest BCUT2D eigenvalue weighted by Gasteiger charge is 2.33. The predicted molar refractivity (Wildman–Crippen MR) is 122 cm³/mol. The summed E-state index contributed by atoms with van der Waals surface area (Å²) in [5.41, 5.74) is -0.789. The molecule has 0 unspecified atom stereocenters. The van der Waals surface area contributed by atoms with Crippen molar-refractivity contribution in [1.29, 1.82) is 0 Å². The number of alkyl halides is 3. The van der Waals surface area contributed by atoms with Crippen molar-refractivity contribution < 1.29 is 31.1 Å². The van der Waals surface area contributed by atoms with Crippen LogP contribution in [0.2, 0.25) is 5.02 Å². The van der Waals surface area contributed by atoms with Crippen LogP contribution in [0.25, 0.3) is 0 Å². The zero-order chi connectivity index (χ0) is 24.2. The van der Waals surface area contributed by atoms with Crippen molar-refractivity contribution in [2.75, 3.05) is 16.6 Å². The van der Waals surface area contributed by atoms with Gasteiger partial charge in [0.1, 0.15) is 5.75 Å². The number of amides is 1. The quantitative estimate of drug-likeness (QED) is 0.373. The number of rotatable bonds is 7. The van der Waals surface area contributed by atoms with Crippen molar-refractivity contribution in [3.05, 3.63) is 81.8 Å². The molecule has 33 heavy (non-hydrogen) atoms. The second kappa shape index (κ2) is 10.0. The third kappa shape index (κ3) is 6.86. The van der Waals surface area contributed by atoms with Gasteiger partial charge in [-0.15, -0.1) is 0 Å². The number of hydrogen-bond donors (Lipinski definition) is 2. The fraction of sp³-hybridized carbons (Fsp3) is 0.0952. The van der Waals surface area contributed by atoms with Crippen LogP contribution < -0.4 is 14.8 Å². The molecule has 0 spiro atoms.